The molecule has 0 aromatic carbocycles. The number of carbonyl (C=O) groups excluding carboxylic acids is 3. The number of esters is 1. The van der Waals surface area contributed by atoms with Crippen LogP contribution < -0.4 is 0 Å². The standard InChI is InChI=1S/C14H22N2O4/c1-6-8-15-10(9-11(17)20-7-2)12(18)16(13(15)19)14(3,4)5/h6,10H,1,7-9H2,2-5H3. The van der Waals surface area contributed by atoms with Crippen molar-refractivity contribution in [1.82, 2.24) is 9.80 Å². The summed E-state index contributed by atoms with van der Waals surface area (Å²) < 4.78 is 4.86. The molecule has 112 valence electrons. The Labute approximate surface area is 119 Å². The number of rotatable bonds is 5. The molecule has 3 amide bonds. The Morgan fingerprint density at radius 2 is 2.00 bits per heavy atom. The largest absolute Gasteiger partial charge is 0.466 e. The number of amides is 3. The topological polar surface area (TPSA) is 66.9 Å². The van der Waals surface area contributed by atoms with Crippen molar-refractivity contribution in [2.24, 2.45) is 0 Å². The number of urea groups is 1. The molecule has 20 heavy (non-hydrogen) atoms. The van der Waals surface area contributed by atoms with E-state index in [-0.39, 0.29) is 25.5 Å². The molecule has 0 aromatic rings. The smallest absolute Gasteiger partial charge is 0.328 e. The van der Waals surface area contributed by atoms with Crippen molar-refractivity contribution in [1.29, 1.82) is 0 Å². The summed E-state index contributed by atoms with van der Waals surface area (Å²) in [4.78, 5) is 38.9. The van der Waals surface area contributed by atoms with E-state index in [4.69, 9.17) is 4.74 Å². The molecule has 0 spiro atoms. The van der Waals surface area contributed by atoms with Crippen molar-refractivity contribution in [3.8, 4) is 0 Å². The summed E-state index contributed by atoms with van der Waals surface area (Å²) in [6.07, 6.45) is 1.41. The number of carbonyl (C=O) groups is 3. The molecule has 1 aliphatic heterocycles. The van der Waals surface area contributed by atoms with Gasteiger partial charge in [-0.25, -0.2) is 4.79 Å². The van der Waals surface area contributed by atoms with Gasteiger partial charge < -0.3 is 9.64 Å². The lowest BCUT2D eigenvalue weighted by atomic mass is 10.1. The highest BCUT2D eigenvalue weighted by molar-refractivity contribution is 6.06. The van der Waals surface area contributed by atoms with Gasteiger partial charge in [0.1, 0.15) is 6.04 Å². The highest BCUT2D eigenvalue weighted by Crippen LogP contribution is 2.27. The fraction of sp³-hybridized carbons (Fsp3) is 0.643. The van der Waals surface area contributed by atoms with Gasteiger partial charge in [-0.2, -0.15) is 0 Å². The van der Waals surface area contributed by atoms with Gasteiger partial charge in [-0.05, 0) is 27.7 Å². The highest BCUT2D eigenvalue weighted by Gasteiger charge is 2.49. The van der Waals surface area contributed by atoms with E-state index in [0.29, 0.717) is 0 Å². The zero-order chi connectivity index (χ0) is 15.5. The van der Waals surface area contributed by atoms with E-state index in [1.165, 1.54) is 15.9 Å². The van der Waals surface area contributed by atoms with E-state index in [1.54, 1.807) is 27.7 Å². The predicted octanol–water partition coefficient (Wildman–Crippen LogP) is 1.56. The molecule has 6 nitrogen and oxygen atoms in total. The lowest BCUT2D eigenvalue weighted by Crippen LogP contribution is -2.46. The minimum absolute atomic E-state index is 0.126. The van der Waals surface area contributed by atoms with Crippen LogP contribution in [0.1, 0.15) is 34.1 Å². The maximum absolute atomic E-state index is 12.4. The van der Waals surface area contributed by atoms with Gasteiger partial charge in [0.2, 0.25) is 0 Å². The maximum Gasteiger partial charge on any atom is 0.328 e. The molecule has 0 radical (unpaired) electrons. The Morgan fingerprint density at radius 3 is 2.45 bits per heavy atom. The summed E-state index contributed by atoms with van der Waals surface area (Å²) in [5, 5.41) is 0. The lowest BCUT2D eigenvalue weighted by molar-refractivity contribution is -0.146. The Morgan fingerprint density at radius 1 is 1.40 bits per heavy atom. The van der Waals surface area contributed by atoms with E-state index < -0.39 is 23.6 Å². The molecule has 0 aromatic heterocycles. The van der Waals surface area contributed by atoms with Crippen molar-refractivity contribution in [2.75, 3.05) is 13.2 Å². The molecule has 1 fully saturated rings. The maximum atomic E-state index is 12.4. The van der Waals surface area contributed by atoms with E-state index in [1.807, 2.05) is 0 Å². The molecule has 1 atom stereocenters. The number of imide groups is 1. The van der Waals surface area contributed by atoms with Crippen LogP contribution in [0.4, 0.5) is 4.79 Å². The minimum Gasteiger partial charge on any atom is -0.466 e. The summed E-state index contributed by atoms with van der Waals surface area (Å²) in [6.45, 7) is 11.1. The van der Waals surface area contributed by atoms with Crippen molar-refractivity contribution in [2.45, 2.75) is 45.7 Å². The quantitative estimate of drug-likeness (QED) is 0.436. The minimum atomic E-state index is -0.807. The first-order valence-corrected chi connectivity index (χ1v) is 6.65. The summed E-state index contributed by atoms with van der Waals surface area (Å²) in [5.41, 5.74) is -0.628. The van der Waals surface area contributed by atoms with E-state index in [9.17, 15) is 14.4 Å². The average molecular weight is 282 g/mol. The van der Waals surface area contributed by atoms with Crippen molar-refractivity contribution in [3.63, 3.8) is 0 Å². The van der Waals surface area contributed by atoms with Crippen LogP contribution in [0.2, 0.25) is 0 Å². The van der Waals surface area contributed by atoms with Crippen LogP contribution in [-0.2, 0) is 14.3 Å². The van der Waals surface area contributed by atoms with Crippen molar-refractivity contribution in [3.05, 3.63) is 12.7 Å². The molecule has 0 N–H and O–H groups in total. The van der Waals surface area contributed by atoms with Gasteiger partial charge in [-0.1, -0.05) is 6.08 Å². The predicted molar refractivity (Wildman–Crippen MR) is 73.9 cm³/mol. The third-order valence-corrected chi connectivity index (χ3v) is 2.98. The normalized spacial score (nSPS) is 19.5. The van der Waals surface area contributed by atoms with Crippen molar-refractivity contribution < 1.29 is 19.1 Å². The molecule has 1 unspecified atom stereocenters. The molecule has 6 heteroatoms. The fourth-order valence-corrected chi connectivity index (χ4v) is 2.18. The van der Waals surface area contributed by atoms with Gasteiger partial charge in [-0.15, -0.1) is 6.58 Å². The van der Waals surface area contributed by atoms with Gasteiger partial charge in [0.15, 0.2) is 0 Å². The molecule has 1 rings (SSSR count). The third-order valence-electron chi connectivity index (χ3n) is 2.98. The number of hydrogen-bond donors (Lipinski definition) is 0. The van der Waals surface area contributed by atoms with Gasteiger partial charge in [-0.3, -0.25) is 14.5 Å². The van der Waals surface area contributed by atoms with Gasteiger partial charge in [0, 0.05) is 12.1 Å². The number of hydrogen-bond acceptors (Lipinski definition) is 4. The Hall–Kier alpha value is -1.85. The molecule has 0 bridgehead atoms. The van der Waals surface area contributed by atoms with E-state index in [2.05, 4.69) is 6.58 Å². The molecule has 1 heterocycles. The van der Waals surface area contributed by atoms with Gasteiger partial charge >= 0.3 is 12.0 Å². The zero-order valence-electron chi connectivity index (χ0n) is 12.5. The molecular formula is C14H22N2O4. The summed E-state index contributed by atoms with van der Waals surface area (Å²) in [5.74, 6) is -0.846. The van der Waals surface area contributed by atoms with Crippen LogP contribution >= 0.6 is 0 Å². The second-order valence-electron chi connectivity index (χ2n) is 5.59. The Balaban J connectivity index is 3.01. The highest BCUT2D eigenvalue weighted by atomic mass is 16.5. The van der Waals surface area contributed by atoms with Gasteiger partial charge in [0.25, 0.3) is 5.91 Å². The van der Waals surface area contributed by atoms with Crippen LogP contribution in [0, 0.1) is 0 Å². The molecular weight excluding hydrogens is 260 g/mol. The van der Waals surface area contributed by atoms with Gasteiger partial charge in [0.05, 0.1) is 13.0 Å². The molecule has 1 aliphatic rings. The first-order valence-electron chi connectivity index (χ1n) is 6.65. The molecule has 0 aliphatic carbocycles. The third kappa shape index (κ3) is 3.18. The number of nitrogens with zero attached hydrogens (tertiary/aromatic N) is 2. The van der Waals surface area contributed by atoms with Crippen LogP contribution in [0.3, 0.4) is 0 Å². The average Bonchev–Trinajstić information content (AvgIpc) is 2.53. The monoisotopic (exact) mass is 282 g/mol. The SMILES string of the molecule is C=CCN1C(=O)N(C(C)(C)C)C(=O)C1CC(=O)OCC. The Bertz CT molecular complexity index is 425. The molecule has 0 saturated carbocycles. The van der Waals surface area contributed by atoms with Crippen LogP contribution in [0.25, 0.3) is 0 Å². The van der Waals surface area contributed by atoms with E-state index >= 15 is 0 Å². The number of ether oxygens (including phenoxy) is 1. The van der Waals surface area contributed by atoms with Crippen LogP contribution in [0.15, 0.2) is 12.7 Å². The first kappa shape index (κ1) is 16.2. The summed E-state index contributed by atoms with van der Waals surface area (Å²) in [7, 11) is 0. The second kappa shape index (κ2) is 6.07. The summed E-state index contributed by atoms with van der Waals surface area (Å²) in [6, 6.07) is -1.20. The first-order chi connectivity index (χ1) is 9.23. The van der Waals surface area contributed by atoms with Crippen LogP contribution in [-0.4, -0.2) is 52.4 Å². The molecule has 1 saturated heterocycles. The fourth-order valence-electron chi connectivity index (χ4n) is 2.18. The lowest BCUT2D eigenvalue weighted by Gasteiger charge is -2.29. The van der Waals surface area contributed by atoms with Crippen LogP contribution in [0.5, 0.6) is 0 Å². The van der Waals surface area contributed by atoms with E-state index in [0.717, 1.165) is 0 Å². The van der Waals surface area contributed by atoms with Crippen molar-refractivity contribution >= 4 is 17.9 Å². The zero-order valence-corrected chi connectivity index (χ0v) is 12.5. The second-order valence-corrected chi connectivity index (χ2v) is 5.59. The summed E-state index contributed by atoms with van der Waals surface area (Å²) >= 11 is 0. The Kier molecular flexibility index (Phi) is 4.92.